The molecule has 5 heteroatoms. The van der Waals surface area contributed by atoms with E-state index in [-0.39, 0.29) is 0 Å². The smallest absolute Gasteiger partial charge is 0.192 e. The zero-order chi connectivity index (χ0) is 17.2. The molecule has 0 atom stereocenters. The van der Waals surface area contributed by atoms with Crippen molar-refractivity contribution in [2.45, 2.75) is 26.3 Å². The number of nitrogens with one attached hydrogen (secondary N) is 2. The molecule has 0 saturated carbocycles. The molecule has 0 bridgehead atoms. The highest BCUT2D eigenvalue weighted by Gasteiger charge is 2.19. The van der Waals surface area contributed by atoms with E-state index in [2.05, 4.69) is 39.4 Å². The minimum absolute atomic E-state index is 0.502. The number of benzene rings is 1. The van der Waals surface area contributed by atoms with Crippen LogP contribution in [0.2, 0.25) is 5.02 Å². The maximum Gasteiger partial charge on any atom is 0.192 e. The largest absolute Gasteiger partial charge is 0.357 e. The van der Waals surface area contributed by atoms with Crippen molar-refractivity contribution in [3.8, 4) is 12.3 Å². The van der Waals surface area contributed by atoms with Gasteiger partial charge in [0, 0.05) is 24.7 Å². The summed E-state index contributed by atoms with van der Waals surface area (Å²) in [6.45, 7) is 7.37. The molecule has 0 aliphatic carbocycles. The lowest BCUT2D eigenvalue weighted by atomic mass is 9.96. The molecule has 0 aromatic heterocycles. The Morgan fingerprint density at radius 2 is 2.08 bits per heavy atom. The van der Waals surface area contributed by atoms with Crippen LogP contribution in [0.5, 0.6) is 0 Å². The molecule has 1 aromatic carbocycles. The van der Waals surface area contributed by atoms with Crippen LogP contribution >= 0.6 is 11.6 Å². The van der Waals surface area contributed by atoms with Gasteiger partial charge in [-0.25, -0.2) is 0 Å². The van der Waals surface area contributed by atoms with Crippen LogP contribution < -0.4 is 10.6 Å². The molecule has 1 aliphatic rings. The van der Waals surface area contributed by atoms with Gasteiger partial charge in [-0.15, -0.1) is 6.42 Å². The fraction of sp³-hybridized carbons (Fsp3) is 0.526. The van der Waals surface area contributed by atoms with E-state index in [9.17, 15) is 0 Å². The van der Waals surface area contributed by atoms with Crippen molar-refractivity contribution in [2.75, 3.05) is 32.7 Å². The molecule has 0 unspecified atom stereocenters. The minimum Gasteiger partial charge on any atom is -0.357 e. The summed E-state index contributed by atoms with van der Waals surface area (Å²) < 4.78 is 0. The predicted octanol–water partition coefficient (Wildman–Crippen LogP) is 2.74. The molecule has 2 rings (SSSR count). The van der Waals surface area contributed by atoms with Crippen molar-refractivity contribution in [2.24, 2.45) is 10.9 Å². The molecule has 130 valence electrons. The van der Waals surface area contributed by atoms with Crippen molar-refractivity contribution in [1.29, 1.82) is 0 Å². The lowest BCUT2D eigenvalue weighted by molar-refractivity contribution is 0.180. The van der Waals surface area contributed by atoms with E-state index in [1.165, 1.54) is 18.4 Å². The average molecular weight is 347 g/mol. The van der Waals surface area contributed by atoms with Gasteiger partial charge >= 0.3 is 0 Å². The molecular weight excluding hydrogens is 320 g/mol. The Morgan fingerprint density at radius 3 is 2.75 bits per heavy atom. The Labute approximate surface area is 150 Å². The number of aliphatic imine (C=N–C) groups is 1. The number of hydrogen-bond acceptors (Lipinski definition) is 2. The Kier molecular flexibility index (Phi) is 7.94. The van der Waals surface area contributed by atoms with Gasteiger partial charge < -0.3 is 10.6 Å². The van der Waals surface area contributed by atoms with Gasteiger partial charge in [-0.1, -0.05) is 35.7 Å². The van der Waals surface area contributed by atoms with E-state index in [0.29, 0.717) is 12.5 Å². The molecular formula is C19H27ClN4. The van der Waals surface area contributed by atoms with E-state index in [0.717, 1.165) is 43.7 Å². The maximum atomic E-state index is 6.26. The molecule has 1 heterocycles. The van der Waals surface area contributed by atoms with Crippen LogP contribution in [0.1, 0.15) is 25.3 Å². The second-order valence-corrected chi connectivity index (χ2v) is 6.50. The van der Waals surface area contributed by atoms with Crippen molar-refractivity contribution in [3.63, 3.8) is 0 Å². The number of hydrogen-bond donors (Lipinski definition) is 2. The van der Waals surface area contributed by atoms with Crippen LogP contribution in [0, 0.1) is 18.3 Å². The predicted molar refractivity (Wildman–Crippen MR) is 102 cm³/mol. The Balaban J connectivity index is 1.78. The van der Waals surface area contributed by atoms with E-state index < -0.39 is 0 Å². The van der Waals surface area contributed by atoms with Crippen molar-refractivity contribution in [1.82, 2.24) is 15.5 Å². The second kappa shape index (κ2) is 10.2. The van der Waals surface area contributed by atoms with Gasteiger partial charge in [0.1, 0.15) is 0 Å². The number of nitrogens with zero attached hydrogens (tertiary/aromatic N) is 2. The standard InChI is InChI=1S/C19H27ClN4/c1-3-11-22-19(21-4-2)23-14-16-9-12-24(13-10-16)15-17-7-5-6-8-18(17)20/h1,5-8,16H,4,9-15H2,2H3,(H2,21,22,23). The first-order chi connectivity index (χ1) is 11.7. The van der Waals surface area contributed by atoms with E-state index in [4.69, 9.17) is 18.0 Å². The molecule has 24 heavy (non-hydrogen) atoms. The van der Waals surface area contributed by atoms with E-state index >= 15 is 0 Å². The van der Waals surface area contributed by atoms with Gasteiger partial charge in [0.25, 0.3) is 0 Å². The van der Waals surface area contributed by atoms with Crippen LogP contribution in [0.25, 0.3) is 0 Å². The van der Waals surface area contributed by atoms with Gasteiger partial charge in [-0.3, -0.25) is 9.89 Å². The lowest BCUT2D eigenvalue weighted by Crippen LogP contribution is -2.38. The van der Waals surface area contributed by atoms with E-state index in [1.807, 2.05) is 18.2 Å². The molecule has 0 amide bonds. The highest BCUT2D eigenvalue weighted by atomic mass is 35.5. The topological polar surface area (TPSA) is 39.7 Å². The SMILES string of the molecule is C#CCNC(=NCC1CCN(Cc2ccccc2Cl)CC1)NCC. The highest BCUT2D eigenvalue weighted by molar-refractivity contribution is 6.31. The molecule has 0 radical (unpaired) electrons. The Morgan fingerprint density at radius 1 is 1.33 bits per heavy atom. The summed E-state index contributed by atoms with van der Waals surface area (Å²) in [5.74, 6) is 4.03. The fourth-order valence-electron chi connectivity index (χ4n) is 2.89. The number of piperidine rings is 1. The summed E-state index contributed by atoms with van der Waals surface area (Å²) in [5, 5.41) is 7.22. The number of rotatable bonds is 6. The van der Waals surface area contributed by atoms with Crippen LogP contribution in [0.15, 0.2) is 29.3 Å². The number of guanidine groups is 1. The van der Waals surface area contributed by atoms with Gasteiger partial charge in [0.15, 0.2) is 5.96 Å². The lowest BCUT2D eigenvalue weighted by Gasteiger charge is -2.31. The number of terminal acetylenes is 1. The molecule has 1 fully saturated rings. The van der Waals surface area contributed by atoms with Crippen molar-refractivity contribution >= 4 is 17.6 Å². The Hall–Kier alpha value is -1.70. The molecule has 0 spiro atoms. The number of halogens is 1. The summed E-state index contributed by atoms with van der Waals surface area (Å²) in [7, 11) is 0. The maximum absolute atomic E-state index is 6.26. The summed E-state index contributed by atoms with van der Waals surface area (Å²) in [6.07, 6.45) is 7.63. The normalized spacial score (nSPS) is 16.6. The first-order valence-corrected chi connectivity index (χ1v) is 9.02. The summed E-state index contributed by atoms with van der Waals surface area (Å²) in [5.41, 5.74) is 1.21. The molecule has 2 N–H and O–H groups in total. The van der Waals surface area contributed by atoms with Gasteiger partial charge in [-0.2, -0.15) is 0 Å². The zero-order valence-electron chi connectivity index (χ0n) is 14.4. The number of likely N-dealkylation sites (tertiary alicyclic amines) is 1. The minimum atomic E-state index is 0.502. The van der Waals surface area contributed by atoms with Gasteiger partial charge in [0.2, 0.25) is 0 Å². The fourth-order valence-corrected chi connectivity index (χ4v) is 3.09. The summed E-state index contributed by atoms with van der Waals surface area (Å²) >= 11 is 6.26. The van der Waals surface area contributed by atoms with Crippen LogP contribution in [-0.2, 0) is 6.54 Å². The van der Waals surface area contributed by atoms with Gasteiger partial charge in [-0.05, 0) is 50.4 Å². The van der Waals surface area contributed by atoms with Crippen LogP contribution in [0.4, 0.5) is 0 Å². The average Bonchev–Trinajstić information content (AvgIpc) is 2.60. The first kappa shape index (κ1) is 18.6. The van der Waals surface area contributed by atoms with Crippen molar-refractivity contribution < 1.29 is 0 Å². The Bertz CT molecular complexity index is 571. The summed E-state index contributed by atoms with van der Waals surface area (Å²) in [4.78, 5) is 7.13. The van der Waals surface area contributed by atoms with Crippen molar-refractivity contribution in [3.05, 3.63) is 34.9 Å². The second-order valence-electron chi connectivity index (χ2n) is 6.09. The molecule has 4 nitrogen and oxygen atoms in total. The third kappa shape index (κ3) is 6.07. The molecule has 1 aromatic rings. The van der Waals surface area contributed by atoms with E-state index in [1.54, 1.807) is 0 Å². The molecule has 1 saturated heterocycles. The monoisotopic (exact) mass is 346 g/mol. The quantitative estimate of drug-likeness (QED) is 0.472. The van der Waals surface area contributed by atoms with Gasteiger partial charge in [0.05, 0.1) is 6.54 Å². The van der Waals surface area contributed by atoms with Crippen LogP contribution in [-0.4, -0.2) is 43.6 Å². The third-order valence-electron chi connectivity index (χ3n) is 4.27. The third-order valence-corrected chi connectivity index (χ3v) is 4.64. The molecule has 1 aliphatic heterocycles. The summed E-state index contributed by atoms with van der Waals surface area (Å²) in [6, 6.07) is 8.10. The van der Waals surface area contributed by atoms with Crippen LogP contribution in [0.3, 0.4) is 0 Å². The zero-order valence-corrected chi connectivity index (χ0v) is 15.1. The first-order valence-electron chi connectivity index (χ1n) is 8.64. The highest BCUT2D eigenvalue weighted by Crippen LogP contribution is 2.22.